The van der Waals surface area contributed by atoms with Crippen LogP contribution in [0.4, 0.5) is 0 Å². The van der Waals surface area contributed by atoms with Crippen LogP contribution in [0.1, 0.15) is 12.6 Å². The molecule has 80 valence electrons. The van der Waals surface area contributed by atoms with E-state index in [1.807, 2.05) is 49.4 Å². The Labute approximate surface area is 95.0 Å². The van der Waals surface area contributed by atoms with Crippen molar-refractivity contribution in [1.29, 1.82) is 0 Å². The number of para-hydroxylation sites is 1. The lowest BCUT2D eigenvalue weighted by molar-refractivity contribution is 1.11. The lowest BCUT2D eigenvalue weighted by Crippen LogP contribution is -1.73. The van der Waals surface area contributed by atoms with Crippen LogP contribution in [0.5, 0.6) is 0 Å². The number of aromatic amines is 1. The smallest absolute Gasteiger partial charge is 0.0927 e. The summed E-state index contributed by atoms with van der Waals surface area (Å²) in [6.07, 6.45) is 7.87. The van der Waals surface area contributed by atoms with E-state index in [0.29, 0.717) is 0 Å². The molecule has 1 N–H and O–H groups in total. The Morgan fingerprint density at radius 3 is 2.94 bits per heavy atom. The van der Waals surface area contributed by atoms with Gasteiger partial charge in [-0.1, -0.05) is 43.0 Å². The predicted octanol–water partition coefficient (Wildman–Crippen LogP) is 3.71. The lowest BCUT2D eigenvalue weighted by Gasteiger charge is -1.89. The third-order valence-electron chi connectivity index (χ3n) is 2.34. The molecule has 2 nitrogen and oxygen atoms in total. The van der Waals surface area contributed by atoms with Gasteiger partial charge in [0.25, 0.3) is 0 Å². The van der Waals surface area contributed by atoms with Crippen LogP contribution in [0.25, 0.3) is 17.0 Å². The van der Waals surface area contributed by atoms with Gasteiger partial charge in [0, 0.05) is 5.39 Å². The van der Waals surface area contributed by atoms with Crippen LogP contribution in [-0.2, 0) is 0 Å². The fraction of sp³-hybridized carbons (Fsp3) is 0.0714. The molecular formula is C14H14N2. The van der Waals surface area contributed by atoms with Gasteiger partial charge >= 0.3 is 0 Å². The third kappa shape index (κ3) is 2.11. The van der Waals surface area contributed by atoms with Gasteiger partial charge in [-0.05, 0) is 24.6 Å². The summed E-state index contributed by atoms with van der Waals surface area (Å²) in [4.78, 5) is 0. The number of hydrogen-bond acceptors (Lipinski definition) is 1. The molecule has 2 rings (SSSR count). The van der Waals surface area contributed by atoms with Crippen LogP contribution < -0.4 is 0 Å². The molecule has 0 saturated carbocycles. The Bertz CT molecular complexity index is 559. The molecule has 1 aromatic carbocycles. The van der Waals surface area contributed by atoms with Crippen LogP contribution in [0.15, 0.2) is 54.6 Å². The highest BCUT2D eigenvalue weighted by Gasteiger charge is 1.99. The van der Waals surface area contributed by atoms with E-state index in [2.05, 4.69) is 22.8 Å². The number of hydrogen-bond donors (Lipinski definition) is 1. The van der Waals surface area contributed by atoms with Crippen LogP contribution in [0, 0.1) is 0 Å². The Kier molecular flexibility index (Phi) is 3.01. The summed E-state index contributed by atoms with van der Waals surface area (Å²) in [5.41, 5.74) is 2.97. The van der Waals surface area contributed by atoms with Gasteiger partial charge in [-0.25, -0.2) is 0 Å². The summed E-state index contributed by atoms with van der Waals surface area (Å²) in [5, 5.41) is 8.38. The zero-order valence-electron chi connectivity index (χ0n) is 9.27. The molecule has 16 heavy (non-hydrogen) atoms. The zero-order valence-corrected chi connectivity index (χ0v) is 9.27. The van der Waals surface area contributed by atoms with Crippen molar-refractivity contribution in [3.8, 4) is 0 Å². The van der Waals surface area contributed by atoms with E-state index in [0.717, 1.165) is 22.2 Å². The summed E-state index contributed by atoms with van der Waals surface area (Å²) < 4.78 is 0. The minimum absolute atomic E-state index is 0.946. The standard InChI is InChI=1S/C14H14N2/c1-3-6-11(2)9-10-14-12-7-4-5-8-13(12)15-16-14/h3-10H,2H2,1H3,(H,15,16)/b6-3-,10-9+. The maximum Gasteiger partial charge on any atom is 0.0927 e. The molecule has 0 bridgehead atoms. The van der Waals surface area contributed by atoms with E-state index in [1.165, 1.54) is 0 Å². The average molecular weight is 210 g/mol. The summed E-state index contributed by atoms with van der Waals surface area (Å²) in [6, 6.07) is 8.07. The van der Waals surface area contributed by atoms with E-state index in [9.17, 15) is 0 Å². The lowest BCUT2D eigenvalue weighted by atomic mass is 10.2. The number of fused-ring (bicyclic) bond motifs is 1. The molecule has 1 heterocycles. The SMILES string of the molecule is C=C(/C=C\C)/C=C/c1n[nH]c2ccccc12. The van der Waals surface area contributed by atoms with E-state index >= 15 is 0 Å². The van der Waals surface area contributed by atoms with Crippen LogP contribution in [0.2, 0.25) is 0 Å². The van der Waals surface area contributed by atoms with Crippen LogP contribution >= 0.6 is 0 Å². The molecule has 2 heteroatoms. The summed E-state index contributed by atoms with van der Waals surface area (Å²) >= 11 is 0. The molecule has 0 aliphatic heterocycles. The van der Waals surface area contributed by atoms with Crippen LogP contribution in [0.3, 0.4) is 0 Å². The third-order valence-corrected chi connectivity index (χ3v) is 2.34. The summed E-state index contributed by atoms with van der Waals surface area (Å²) in [6.45, 7) is 5.89. The van der Waals surface area contributed by atoms with Crippen molar-refractivity contribution < 1.29 is 0 Å². The van der Waals surface area contributed by atoms with Crippen molar-refractivity contribution in [2.45, 2.75) is 6.92 Å². The normalized spacial score (nSPS) is 11.8. The van der Waals surface area contributed by atoms with Crippen molar-refractivity contribution in [2.24, 2.45) is 0 Å². The molecule has 0 radical (unpaired) electrons. The fourth-order valence-electron chi connectivity index (χ4n) is 1.57. The molecule has 2 aromatic rings. The van der Waals surface area contributed by atoms with Crippen molar-refractivity contribution in [3.63, 3.8) is 0 Å². The van der Waals surface area contributed by atoms with Gasteiger partial charge < -0.3 is 0 Å². The first-order chi connectivity index (χ1) is 7.81. The molecule has 0 unspecified atom stereocenters. The molecule has 0 aliphatic carbocycles. The predicted molar refractivity (Wildman–Crippen MR) is 69.1 cm³/mol. The zero-order chi connectivity index (χ0) is 11.4. The Morgan fingerprint density at radius 2 is 2.12 bits per heavy atom. The van der Waals surface area contributed by atoms with Gasteiger partial charge in [-0.2, -0.15) is 5.10 Å². The number of allylic oxidation sites excluding steroid dienone is 4. The maximum atomic E-state index is 4.25. The second kappa shape index (κ2) is 4.62. The Balaban J connectivity index is 2.31. The number of aromatic nitrogens is 2. The van der Waals surface area contributed by atoms with E-state index in [1.54, 1.807) is 0 Å². The van der Waals surface area contributed by atoms with Crippen molar-refractivity contribution in [2.75, 3.05) is 0 Å². The van der Waals surface area contributed by atoms with E-state index in [4.69, 9.17) is 0 Å². The van der Waals surface area contributed by atoms with Gasteiger partial charge in [-0.3, -0.25) is 5.10 Å². The topological polar surface area (TPSA) is 28.7 Å². The maximum absolute atomic E-state index is 4.25. The number of nitrogens with one attached hydrogen (secondary N) is 1. The Morgan fingerprint density at radius 1 is 1.31 bits per heavy atom. The highest BCUT2D eigenvalue weighted by Crippen LogP contribution is 2.16. The van der Waals surface area contributed by atoms with Crippen molar-refractivity contribution >= 4 is 17.0 Å². The van der Waals surface area contributed by atoms with Gasteiger partial charge in [0.15, 0.2) is 0 Å². The monoisotopic (exact) mass is 210 g/mol. The fourth-order valence-corrected chi connectivity index (χ4v) is 1.57. The minimum Gasteiger partial charge on any atom is -0.277 e. The second-order valence-corrected chi connectivity index (χ2v) is 3.56. The number of rotatable bonds is 3. The first kappa shape index (κ1) is 10.4. The summed E-state index contributed by atoms with van der Waals surface area (Å²) in [7, 11) is 0. The van der Waals surface area contributed by atoms with Gasteiger partial charge in [0.1, 0.15) is 0 Å². The first-order valence-electron chi connectivity index (χ1n) is 5.24. The van der Waals surface area contributed by atoms with Crippen molar-refractivity contribution in [3.05, 3.63) is 60.3 Å². The number of H-pyrrole nitrogens is 1. The first-order valence-corrected chi connectivity index (χ1v) is 5.24. The molecule has 1 aromatic heterocycles. The molecule has 0 amide bonds. The van der Waals surface area contributed by atoms with Gasteiger partial charge in [0.05, 0.1) is 11.2 Å². The van der Waals surface area contributed by atoms with Gasteiger partial charge in [-0.15, -0.1) is 0 Å². The van der Waals surface area contributed by atoms with Crippen molar-refractivity contribution in [1.82, 2.24) is 10.2 Å². The number of nitrogens with zero attached hydrogens (tertiary/aromatic N) is 1. The highest BCUT2D eigenvalue weighted by molar-refractivity contribution is 5.86. The molecule has 0 spiro atoms. The molecular weight excluding hydrogens is 196 g/mol. The van der Waals surface area contributed by atoms with E-state index in [-0.39, 0.29) is 0 Å². The van der Waals surface area contributed by atoms with E-state index < -0.39 is 0 Å². The number of benzene rings is 1. The largest absolute Gasteiger partial charge is 0.277 e. The molecule has 0 fully saturated rings. The average Bonchev–Trinajstić information content (AvgIpc) is 2.70. The summed E-state index contributed by atoms with van der Waals surface area (Å²) in [5.74, 6) is 0. The molecule has 0 atom stereocenters. The molecule has 0 saturated heterocycles. The highest BCUT2D eigenvalue weighted by atomic mass is 15.1. The minimum atomic E-state index is 0.946. The Hall–Kier alpha value is -2.09. The quantitative estimate of drug-likeness (QED) is 0.769. The van der Waals surface area contributed by atoms with Gasteiger partial charge in [0.2, 0.25) is 0 Å². The molecule has 0 aliphatic rings. The second-order valence-electron chi connectivity index (χ2n) is 3.56. The van der Waals surface area contributed by atoms with Crippen LogP contribution in [-0.4, -0.2) is 10.2 Å².